The molecule has 1 atom stereocenters. The van der Waals surface area contributed by atoms with Crippen molar-refractivity contribution >= 4 is 75.8 Å². The van der Waals surface area contributed by atoms with E-state index in [9.17, 15) is 24.5 Å². The van der Waals surface area contributed by atoms with Gasteiger partial charge in [-0.25, -0.2) is 0 Å². The van der Waals surface area contributed by atoms with Crippen LogP contribution < -0.4 is 16.0 Å². The number of nitro groups is 1. The summed E-state index contributed by atoms with van der Waals surface area (Å²) in [6, 6.07) is 25.7. The van der Waals surface area contributed by atoms with E-state index in [0.29, 0.717) is 39.0 Å². The summed E-state index contributed by atoms with van der Waals surface area (Å²) in [6.07, 6.45) is 1.95. The molecule has 9 nitrogen and oxygen atoms in total. The Kier molecular flexibility index (Phi) is 11.1. The average Bonchev–Trinajstić information content (AvgIpc) is 2.99. The zero-order valence-corrected chi connectivity index (χ0v) is 25.6. The molecule has 0 aromatic heterocycles. The predicted octanol–water partition coefficient (Wildman–Crippen LogP) is 7.82. The van der Waals surface area contributed by atoms with Gasteiger partial charge in [-0.15, -0.1) is 11.8 Å². The molecule has 224 valence electrons. The van der Waals surface area contributed by atoms with Gasteiger partial charge in [0.15, 0.2) is 0 Å². The van der Waals surface area contributed by atoms with Gasteiger partial charge in [0.05, 0.1) is 10.2 Å². The lowest BCUT2D eigenvalue weighted by Gasteiger charge is -2.16. The predicted molar refractivity (Wildman–Crippen MR) is 175 cm³/mol. The molecule has 4 rings (SSSR count). The van der Waals surface area contributed by atoms with Crippen LogP contribution >= 0.6 is 35.0 Å². The van der Waals surface area contributed by atoms with Gasteiger partial charge in [0, 0.05) is 44.0 Å². The largest absolute Gasteiger partial charge is 0.325 e. The first-order valence-corrected chi connectivity index (χ1v) is 14.9. The minimum absolute atomic E-state index is 0.0724. The summed E-state index contributed by atoms with van der Waals surface area (Å²) >= 11 is 13.4. The van der Waals surface area contributed by atoms with Crippen LogP contribution in [-0.4, -0.2) is 27.9 Å². The number of halogens is 2. The van der Waals surface area contributed by atoms with E-state index in [1.54, 1.807) is 66.7 Å². The highest BCUT2D eigenvalue weighted by Gasteiger charge is 2.20. The number of anilines is 2. The Bertz CT molecular complexity index is 1700. The van der Waals surface area contributed by atoms with Gasteiger partial charge in [-0.05, 0) is 78.7 Å². The van der Waals surface area contributed by atoms with Gasteiger partial charge in [0.1, 0.15) is 5.70 Å². The molecule has 0 saturated heterocycles. The van der Waals surface area contributed by atoms with Crippen molar-refractivity contribution in [3.63, 3.8) is 0 Å². The van der Waals surface area contributed by atoms with Crippen molar-refractivity contribution in [1.82, 2.24) is 5.32 Å². The summed E-state index contributed by atoms with van der Waals surface area (Å²) in [5.41, 5.74) is 1.55. The highest BCUT2D eigenvalue weighted by atomic mass is 35.5. The molecule has 0 fully saturated rings. The van der Waals surface area contributed by atoms with Crippen molar-refractivity contribution in [1.29, 1.82) is 0 Å². The van der Waals surface area contributed by atoms with E-state index < -0.39 is 22.0 Å². The molecule has 4 aromatic rings. The van der Waals surface area contributed by atoms with E-state index in [0.717, 1.165) is 4.90 Å². The zero-order valence-electron chi connectivity index (χ0n) is 23.3. The molecule has 0 radical (unpaired) electrons. The Hall–Kier alpha value is -4.64. The van der Waals surface area contributed by atoms with E-state index in [1.165, 1.54) is 42.1 Å². The fourth-order valence-corrected chi connectivity index (χ4v) is 5.52. The number of thioether (sulfide) groups is 1. The number of benzene rings is 4. The standard InChI is InChI=1S/C32H26Cl2N4O5S/c1-2-29(32(41)36-25-17-22(33)16-23(34)18-25)44-27-10-6-9-24(19-27)35-31(40)28(37-30(39)21-7-4-3-5-8-21)15-20-11-13-26(14-12-20)38(42)43/h3-19,29H,2H2,1H3,(H,35,40)(H,36,41)(H,37,39)/b28-15+. The van der Waals surface area contributed by atoms with Gasteiger partial charge >= 0.3 is 0 Å². The van der Waals surface area contributed by atoms with Crippen molar-refractivity contribution < 1.29 is 19.3 Å². The summed E-state index contributed by atoms with van der Waals surface area (Å²) in [5.74, 6) is -1.35. The Morgan fingerprint density at radius 3 is 2.18 bits per heavy atom. The van der Waals surface area contributed by atoms with Gasteiger partial charge in [0.2, 0.25) is 5.91 Å². The summed E-state index contributed by atoms with van der Waals surface area (Å²) in [6.45, 7) is 1.89. The lowest BCUT2D eigenvalue weighted by molar-refractivity contribution is -0.384. The van der Waals surface area contributed by atoms with E-state index in [2.05, 4.69) is 16.0 Å². The van der Waals surface area contributed by atoms with Crippen LogP contribution in [0.4, 0.5) is 17.1 Å². The van der Waals surface area contributed by atoms with Gasteiger partial charge in [-0.3, -0.25) is 24.5 Å². The molecule has 0 bridgehead atoms. The molecule has 0 aliphatic heterocycles. The molecule has 3 N–H and O–H groups in total. The third-order valence-electron chi connectivity index (χ3n) is 6.11. The highest BCUT2D eigenvalue weighted by Crippen LogP contribution is 2.30. The first-order chi connectivity index (χ1) is 21.1. The maximum atomic E-state index is 13.4. The monoisotopic (exact) mass is 648 g/mol. The van der Waals surface area contributed by atoms with E-state index in [4.69, 9.17) is 23.2 Å². The normalized spacial score (nSPS) is 11.8. The topological polar surface area (TPSA) is 130 Å². The van der Waals surface area contributed by atoms with Crippen LogP contribution in [0.2, 0.25) is 10.0 Å². The first-order valence-electron chi connectivity index (χ1n) is 13.3. The molecule has 4 aromatic carbocycles. The Balaban J connectivity index is 1.51. The summed E-state index contributed by atoms with van der Waals surface area (Å²) in [7, 11) is 0. The number of rotatable bonds is 11. The number of nitrogens with one attached hydrogen (secondary N) is 3. The Labute approximate surface area is 267 Å². The molecule has 0 aliphatic carbocycles. The molecular weight excluding hydrogens is 623 g/mol. The molecule has 0 spiro atoms. The fraction of sp³-hybridized carbons (Fsp3) is 0.0938. The van der Waals surface area contributed by atoms with Crippen LogP contribution in [0.5, 0.6) is 0 Å². The highest BCUT2D eigenvalue weighted by molar-refractivity contribution is 8.00. The van der Waals surface area contributed by atoms with Crippen molar-refractivity contribution in [2.75, 3.05) is 10.6 Å². The minimum Gasteiger partial charge on any atom is -0.325 e. The van der Waals surface area contributed by atoms with Crippen LogP contribution in [0.3, 0.4) is 0 Å². The van der Waals surface area contributed by atoms with Crippen LogP contribution in [0.1, 0.15) is 29.3 Å². The molecule has 12 heteroatoms. The lowest BCUT2D eigenvalue weighted by Crippen LogP contribution is -2.30. The van der Waals surface area contributed by atoms with Crippen molar-refractivity contribution in [2.24, 2.45) is 0 Å². The quantitative estimate of drug-likeness (QED) is 0.0658. The second kappa shape index (κ2) is 15.2. The maximum Gasteiger partial charge on any atom is 0.272 e. The number of nitro benzene ring substituents is 1. The number of non-ortho nitro benzene ring substituents is 1. The van der Waals surface area contributed by atoms with Gasteiger partial charge < -0.3 is 16.0 Å². The SMILES string of the molecule is CCC(Sc1cccc(NC(=O)/C(=C\c2ccc([N+](=O)[O-])cc2)NC(=O)c2ccccc2)c1)C(=O)Nc1cc(Cl)cc(Cl)c1. The van der Waals surface area contributed by atoms with Crippen LogP contribution in [0, 0.1) is 10.1 Å². The average molecular weight is 650 g/mol. The van der Waals surface area contributed by atoms with Crippen LogP contribution in [0.25, 0.3) is 6.08 Å². The van der Waals surface area contributed by atoms with E-state index in [1.807, 2.05) is 13.0 Å². The Morgan fingerprint density at radius 2 is 1.55 bits per heavy atom. The van der Waals surface area contributed by atoms with Gasteiger partial charge in [0.25, 0.3) is 17.5 Å². The van der Waals surface area contributed by atoms with E-state index in [-0.39, 0.29) is 17.3 Å². The van der Waals surface area contributed by atoms with Crippen LogP contribution in [0.15, 0.2) is 108 Å². The second-order valence-corrected chi connectivity index (χ2v) is 11.5. The number of amides is 3. The smallest absolute Gasteiger partial charge is 0.272 e. The number of carbonyl (C=O) groups is 3. The number of hydrogen-bond donors (Lipinski definition) is 3. The van der Waals surface area contributed by atoms with Gasteiger partial charge in [-0.1, -0.05) is 54.4 Å². The second-order valence-electron chi connectivity index (χ2n) is 9.37. The molecule has 1 unspecified atom stereocenters. The summed E-state index contributed by atoms with van der Waals surface area (Å²) in [5, 5.41) is 19.7. The third kappa shape index (κ3) is 9.18. The number of hydrogen-bond acceptors (Lipinski definition) is 6. The van der Waals surface area contributed by atoms with Crippen molar-refractivity contribution in [2.45, 2.75) is 23.5 Å². The third-order valence-corrected chi connectivity index (χ3v) is 7.90. The lowest BCUT2D eigenvalue weighted by atomic mass is 10.1. The fourth-order valence-electron chi connectivity index (χ4n) is 3.98. The molecule has 0 heterocycles. The minimum atomic E-state index is -0.614. The molecule has 3 amide bonds. The Morgan fingerprint density at radius 1 is 0.864 bits per heavy atom. The molecule has 0 saturated carbocycles. The van der Waals surface area contributed by atoms with Crippen molar-refractivity contribution in [3.8, 4) is 0 Å². The molecule has 44 heavy (non-hydrogen) atoms. The first kappa shape index (κ1) is 32.3. The van der Waals surface area contributed by atoms with E-state index >= 15 is 0 Å². The number of nitrogens with zero attached hydrogens (tertiary/aromatic N) is 1. The summed E-state index contributed by atoms with van der Waals surface area (Å²) in [4.78, 5) is 50.6. The molecular formula is C32H26Cl2N4O5S. The maximum absolute atomic E-state index is 13.4. The van der Waals surface area contributed by atoms with Crippen molar-refractivity contribution in [3.05, 3.63) is 134 Å². The summed E-state index contributed by atoms with van der Waals surface area (Å²) < 4.78 is 0. The van der Waals surface area contributed by atoms with Crippen LogP contribution in [-0.2, 0) is 9.59 Å². The number of carbonyl (C=O) groups excluding carboxylic acids is 3. The molecule has 0 aliphatic rings. The van der Waals surface area contributed by atoms with Gasteiger partial charge in [-0.2, -0.15) is 0 Å². The zero-order chi connectivity index (χ0) is 31.6.